The minimum atomic E-state index is -0.300. The predicted octanol–water partition coefficient (Wildman–Crippen LogP) is 4.35. The van der Waals surface area contributed by atoms with E-state index in [1.165, 1.54) is 17.8 Å². The highest BCUT2D eigenvalue weighted by molar-refractivity contribution is 8.00. The monoisotopic (exact) mass is 297 g/mol. The van der Waals surface area contributed by atoms with Crippen molar-refractivity contribution in [3.05, 3.63) is 72.2 Å². The summed E-state index contributed by atoms with van der Waals surface area (Å²) in [5.74, 6) is -0.157. The molecule has 0 unspecified atom stereocenters. The number of Topliss-reactive ketones (excluding diaryl/α,β-unsaturated/α-hetero) is 1. The van der Waals surface area contributed by atoms with E-state index in [4.69, 9.17) is 0 Å². The molecular weight excluding hydrogens is 285 g/mol. The molecule has 3 rings (SSSR count). The fourth-order valence-corrected chi connectivity index (χ4v) is 2.93. The van der Waals surface area contributed by atoms with Crippen molar-refractivity contribution in [2.45, 2.75) is 4.90 Å². The molecule has 1 heterocycles. The van der Waals surface area contributed by atoms with Gasteiger partial charge in [0.15, 0.2) is 5.78 Å². The smallest absolute Gasteiger partial charge is 0.175 e. The average Bonchev–Trinajstić information content (AvgIpc) is 2.53. The third-order valence-corrected chi connectivity index (χ3v) is 4.18. The second kappa shape index (κ2) is 6.06. The average molecular weight is 297 g/mol. The molecule has 104 valence electrons. The van der Waals surface area contributed by atoms with Gasteiger partial charge in [0.05, 0.1) is 11.3 Å². The summed E-state index contributed by atoms with van der Waals surface area (Å²) in [5, 5.41) is 0.930. The maximum atomic E-state index is 13.6. The van der Waals surface area contributed by atoms with Crippen molar-refractivity contribution in [3.63, 3.8) is 0 Å². The van der Waals surface area contributed by atoms with Gasteiger partial charge in [0.2, 0.25) is 0 Å². The van der Waals surface area contributed by atoms with Crippen molar-refractivity contribution in [1.82, 2.24) is 4.98 Å². The number of ketones is 1. The molecule has 3 aromatic rings. The minimum absolute atomic E-state index is 0.0486. The van der Waals surface area contributed by atoms with Crippen LogP contribution in [0.2, 0.25) is 0 Å². The number of nitrogens with zero attached hydrogens (tertiary/aromatic N) is 1. The van der Waals surface area contributed by atoms with Crippen LogP contribution in [0.15, 0.2) is 65.7 Å². The molecule has 0 N–H and O–H groups in total. The van der Waals surface area contributed by atoms with Gasteiger partial charge in [0.25, 0.3) is 0 Å². The second-order valence-electron chi connectivity index (χ2n) is 4.52. The van der Waals surface area contributed by atoms with E-state index in [1.807, 2.05) is 24.3 Å². The quantitative estimate of drug-likeness (QED) is 0.530. The summed E-state index contributed by atoms with van der Waals surface area (Å²) in [6, 6.07) is 15.7. The predicted molar refractivity (Wildman–Crippen MR) is 83.2 cm³/mol. The highest BCUT2D eigenvalue weighted by atomic mass is 32.2. The fraction of sp³-hybridized carbons (Fsp3) is 0.0588. The Hall–Kier alpha value is -2.20. The molecule has 0 spiro atoms. The van der Waals surface area contributed by atoms with Crippen LogP contribution in [0, 0.1) is 5.82 Å². The number of carbonyl (C=O) groups excluding carboxylic acids is 1. The third-order valence-electron chi connectivity index (χ3n) is 3.13. The minimum Gasteiger partial charge on any atom is -0.293 e. The van der Waals surface area contributed by atoms with Gasteiger partial charge in [0, 0.05) is 22.0 Å². The molecule has 0 aliphatic carbocycles. The van der Waals surface area contributed by atoms with Gasteiger partial charge in [-0.3, -0.25) is 9.78 Å². The van der Waals surface area contributed by atoms with Crippen molar-refractivity contribution in [3.8, 4) is 0 Å². The normalized spacial score (nSPS) is 10.7. The van der Waals surface area contributed by atoms with E-state index in [2.05, 4.69) is 4.98 Å². The number of benzene rings is 2. The van der Waals surface area contributed by atoms with E-state index in [-0.39, 0.29) is 17.4 Å². The van der Waals surface area contributed by atoms with E-state index in [9.17, 15) is 9.18 Å². The van der Waals surface area contributed by atoms with E-state index in [1.54, 1.807) is 30.5 Å². The molecule has 21 heavy (non-hydrogen) atoms. The number of aromatic nitrogens is 1. The van der Waals surface area contributed by atoms with Crippen LogP contribution in [-0.2, 0) is 0 Å². The van der Waals surface area contributed by atoms with Gasteiger partial charge < -0.3 is 0 Å². The molecule has 2 nitrogen and oxygen atoms in total. The number of fused-ring (bicyclic) bond motifs is 1. The number of halogens is 1. The summed E-state index contributed by atoms with van der Waals surface area (Å²) in [6.45, 7) is 0. The lowest BCUT2D eigenvalue weighted by Gasteiger charge is -2.05. The van der Waals surface area contributed by atoms with Crippen molar-refractivity contribution in [2.24, 2.45) is 0 Å². The fourth-order valence-electron chi connectivity index (χ4n) is 2.11. The number of para-hydroxylation sites is 1. The summed E-state index contributed by atoms with van der Waals surface area (Å²) >= 11 is 1.21. The van der Waals surface area contributed by atoms with Gasteiger partial charge in [-0.15, -0.1) is 11.8 Å². The zero-order valence-electron chi connectivity index (χ0n) is 11.1. The molecule has 0 saturated heterocycles. The molecule has 2 aromatic carbocycles. The Bertz CT molecular complexity index is 798. The standard InChI is InChI=1S/C17H12FNOS/c18-14-8-1-2-9-16(14)21-11-15(20)13-7-3-5-12-6-4-10-19-17(12)13/h1-10H,11H2. The number of rotatable bonds is 4. The molecule has 0 aliphatic heterocycles. The Morgan fingerprint density at radius 2 is 1.86 bits per heavy atom. The zero-order chi connectivity index (χ0) is 14.7. The van der Waals surface area contributed by atoms with Gasteiger partial charge in [-0.2, -0.15) is 0 Å². The summed E-state index contributed by atoms with van der Waals surface area (Å²) in [6.07, 6.45) is 1.67. The van der Waals surface area contributed by atoms with Gasteiger partial charge in [-0.05, 0) is 24.3 Å². The Balaban J connectivity index is 1.83. The Kier molecular flexibility index (Phi) is 3.97. The van der Waals surface area contributed by atoms with Crippen LogP contribution in [0.1, 0.15) is 10.4 Å². The molecular formula is C17H12FNOS. The van der Waals surface area contributed by atoms with Crippen molar-refractivity contribution in [1.29, 1.82) is 0 Å². The van der Waals surface area contributed by atoms with Gasteiger partial charge in [0.1, 0.15) is 5.82 Å². The van der Waals surface area contributed by atoms with Gasteiger partial charge in [-0.25, -0.2) is 4.39 Å². The molecule has 0 fully saturated rings. The van der Waals surface area contributed by atoms with Crippen LogP contribution in [0.25, 0.3) is 10.9 Å². The largest absolute Gasteiger partial charge is 0.293 e. The van der Waals surface area contributed by atoms with Crippen molar-refractivity contribution < 1.29 is 9.18 Å². The molecule has 0 amide bonds. The lowest BCUT2D eigenvalue weighted by atomic mass is 10.1. The zero-order valence-corrected chi connectivity index (χ0v) is 11.9. The molecule has 0 saturated carbocycles. The van der Waals surface area contributed by atoms with E-state index in [0.29, 0.717) is 16.0 Å². The number of hydrogen-bond donors (Lipinski definition) is 0. The molecule has 4 heteroatoms. The van der Waals surface area contributed by atoms with Crippen LogP contribution < -0.4 is 0 Å². The molecule has 0 bridgehead atoms. The maximum Gasteiger partial charge on any atom is 0.175 e. The number of hydrogen-bond acceptors (Lipinski definition) is 3. The first kappa shape index (κ1) is 13.8. The third kappa shape index (κ3) is 2.95. The maximum absolute atomic E-state index is 13.6. The van der Waals surface area contributed by atoms with Gasteiger partial charge in [-0.1, -0.05) is 30.3 Å². The first-order valence-electron chi connectivity index (χ1n) is 6.50. The highest BCUT2D eigenvalue weighted by Gasteiger charge is 2.12. The van der Waals surface area contributed by atoms with Gasteiger partial charge >= 0.3 is 0 Å². The highest BCUT2D eigenvalue weighted by Crippen LogP contribution is 2.24. The lowest BCUT2D eigenvalue weighted by Crippen LogP contribution is -2.04. The van der Waals surface area contributed by atoms with Crippen molar-refractivity contribution in [2.75, 3.05) is 5.75 Å². The molecule has 0 atom stereocenters. The summed E-state index contributed by atoms with van der Waals surface area (Å²) < 4.78 is 13.6. The summed E-state index contributed by atoms with van der Waals surface area (Å²) in [4.78, 5) is 17.1. The molecule has 0 radical (unpaired) electrons. The Morgan fingerprint density at radius 1 is 1.05 bits per heavy atom. The van der Waals surface area contributed by atoms with E-state index in [0.717, 1.165) is 5.39 Å². The first-order chi connectivity index (χ1) is 10.3. The Morgan fingerprint density at radius 3 is 2.71 bits per heavy atom. The van der Waals surface area contributed by atoms with Crippen LogP contribution >= 0.6 is 11.8 Å². The lowest BCUT2D eigenvalue weighted by molar-refractivity contribution is 0.102. The van der Waals surface area contributed by atoms with Crippen LogP contribution in [0.4, 0.5) is 4.39 Å². The molecule has 1 aromatic heterocycles. The topological polar surface area (TPSA) is 30.0 Å². The van der Waals surface area contributed by atoms with Crippen LogP contribution in [-0.4, -0.2) is 16.5 Å². The SMILES string of the molecule is O=C(CSc1ccccc1F)c1cccc2cccnc12. The summed E-state index contributed by atoms with van der Waals surface area (Å²) in [5.41, 5.74) is 1.27. The van der Waals surface area contributed by atoms with E-state index >= 15 is 0 Å². The van der Waals surface area contributed by atoms with Crippen LogP contribution in [0.3, 0.4) is 0 Å². The van der Waals surface area contributed by atoms with E-state index < -0.39 is 0 Å². The number of pyridine rings is 1. The number of carbonyl (C=O) groups is 1. The first-order valence-corrected chi connectivity index (χ1v) is 7.48. The van der Waals surface area contributed by atoms with Crippen LogP contribution in [0.5, 0.6) is 0 Å². The number of thioether (sulfide) groups is 1. The second-order valence-corrected chi connectivity index (χ2v) is 5.54. The molecule has 0 aliphatic rings. The Labute approximate surface area is 126 Å². The van der Waals surface area contributed by atoms with Crippen molar-refractivity contribution >= 4 is 28.4 Å². The summed E-state index contributed by atoms with van der Waals surface area (Å²) in [7, 11) is 0.